The Morgan fingerprint density at radius 1 is 0.969 bits per heavy atom. The standard InChI is InChI=1S/C24H26N2O5S/c1-24(2,3)30-23(27)31-26-13-12-19-14-21(10-8-20(19)16-26)25-32(28,29)22-11-9-17-6-4-5-7-18(17)15-22/h4-11,14-15,25H,12-13,16H2,1-3H3. The Morgan fingerprint density at radius 2 is 1.72 bits per heavy atom. The van der Waals surface area contributed by atoms with Crippen LogP contribution >= 0.6 is 0 Å². The van der Waals surface area contributed by atoms with Gasteiger partial charge in [-0.15, -0.1) is 5.06 Å². The van der Waals surface area contributed by atoms with E-state index >= 15 is 0 Å². The summed E-state index contributed by atoms with van der Waals surface area (Å²) < 4.78 is 33.7. The molecule has 0 saturated carbocycles. The van der Waals surface area contributed by atoms with Crippen molar-refractivity contribution in [3.05, 3.63) is 71.8 Å². The van der Waals surface area contributed by atoms with Gasteiger partial charge in [-0.2, -0.15) is 0 Å². The van der Waals surface area contributed by atoms with Crippen molar-refractivity contribution in [1.82, 2.24) is 5.06 Å². The van der Waals surface area contributed by atoms with Gasteiger partial charge < -0.3 is 9.57 Å². The maximum absolute atomic E-state index is 12.9. The number of sulfonamides is 1. The van der Waals surface area contributed by atoms with Gasteiger partial charge in [0.25, 0.3) is 10.0 Å². The lowest BCUT2D eigenvalue weighted by Crippen LogP contribution is -2.35. The Hall–Kier alpha value is -3.10. The predicted octanol–water partition coefficient (Wildman–Crippen LogP) is 4.87. The summed E-state index contributed by atoms with van der Waals surface area (Å²) in [6.45, 7) is 6.24. The van der Waals surface area contributed by atoms with Gasteiger partial charge in [-0.25, -0.2) is 13.2 Å². The number of anilines is 1. The largest absolute Gasteiger partial charge is 0.528 e. The molecule has 0 spiro atoms. The fourth-order valence-electron chi connectivity index (χ4n) is 3.59. The molecular weight excluding hydrogens is 428 g/mol. The van der Waals surface area contributed by atoms with Crippen LogP contribution in [0.3, 0.4) is 0 Å². The molecule has 1 N–H and O–H groups in total. The Bertz CT molecular complexity index is 1260. The van der Waals surface area contributed by atoms with Crippen LogP contribution in [0.5, 0.6) is 0 Å². The fourth-order valence-corrected chi connectivity index (χ4v) is 4.68. The first-order valence-electron chi connectivity index (χ1n) is 10.4. The van der Waals surface area contributed by atoms with Crippen LogP contribution in [0, 0.1) is 0 Å². The highest BCUT2D eigenvalue weighted by Gasteiger charge is 2.24. The first-order valence-corrected chi connectivity index (χ1v) is 11.9. The van der Waals surface area contributed by atoms with Crippen molar-refractivity contribution in [1.29, 1.82) is 0 Å². The lowest BCUT2D eigenvalue weighted by atomic mass is 10.0. The molecule has 4 rings (SSSR count). The van der Waals surface area contributed by atoms with E-state index < -0.39 is 21.8 Å². The summed E-state index contributed by atoms with van der Waals surface area (Å²) in [4.78, 5) is 17.4. The van der Waals surface area contributed by atoms with Gasteiger partial charge in [0.1, 0.15) is 5.60 Å². The van der Waals surface area contributed by atoms with Crippen LogP contribution < -0.4 is 4.72 Å². The Morgan fingerprint density at radius 3 is 2.47 bits per heavy atom. The zero-order chi connectivity index (χ0) is 22.9. The molecule has 168 valence electrons. The second-order valence-electron chi connectivity index (χ2n) is 8.77. The highest BCUT2D eigenvalue weighted by atomic mass is 32.2. The van der Waals surface area contributed by atoms with E-state index in [4.69, 9.17) is 9.57 Å². The average Bonchev–Trinajstić information content (AvgIpc) is 2.72. The van der Waals surface area contributed by atoms with Crippen LogP contribution in [0.4, 0.5) is 10.5 Å². The quantitative estimate of drug-likeness (QED) is 0.567. The molecule has 8 heteroatoms. The third kappa shape index (κ3) is 5.20. The maximum atomic E-state index is 12.9. The topological polar surface area (TPSA) is 84.9 Å². The average molecular weight is 455 g/mol. The molecule has 3 aromatic rings. The smallest absolute Gasteiger partial charge is 0.427 e. The molecule has 0 aliphatic carbocycles. The van der Waals surface area contributed by atoms with Crippen molar-refractivity contribution < 1.29 is 22.8 Å². The summed E-state index contributed by atoms with van der Waals surface area (Å²) >= 11 is 0. The van der Waals surface area contributed by atoms with E-state index in [2.05, 4.69) is 4.72 Å². The number of carbonyl (C=O) groups is 1. The molecule has 7 nitrogen and oxygen atoms in total. The summed E-state index contributed by atoms with van der Waals surface area (Å²) in [7, 11) is -3.72. The maximum Gasteiger partial charge on any atom is 0.528 e. The number of rotatable bonds is 4. The van der Waals surface area contributed by atoms with Crippen LogP contribution in [0.2, 0.25) is 0 Å². The van der Waals surface area contributed by atoms with Gasteiger partial charge in [0.05, 0.1) is 11.4 Å². The van der Waals surface area contributed by atoms with Gasteiger partial charge in [-0.05, 0) is 73.4 Å². The lowest BCUT2D eigenvalue weighted by Gasteiger charge is -2.28. The SMILES string of the molecule is CC(C)(C)OC(=O)ON1CCc2cc(NS(=O)(=O)c3ccc4ccccc4c3)ccc2C1. The van der Waals surface area contributed by atoms with Crippen molar-refractivity contribution >= 4 is 32.6 Å². The molecule has 32 heavy (non-hydrogen) atoms. The Kier molecular flexibility index (Phi) is 5.83. The summed E-state index contributed by atoms with van der Waals surface area (Å²) in [5.41, 5.74) is 1.85. The lowest BCUT2D eigenvalue weighted by molar-refractivity contribution is -0.151. The molecule has 0 aromatic heterocycles. The van der Waals surface area contributed by atoms with Gasteiger partial charge in [0.15, 0.2) is 0 Å². The summed E-state index contributed by atoms with van der Waals surface area (Å²) in [5, 5.41) is 3.40. The molecule has 0 bridgehead atoms. The van der Waals surface area contributed by atoms with E-state index in [0.29, 0.717) is 25.2 Å². The molecule has 0 unspecified atom stereocenters. The number of hydroxylamine groups is 2. The van der Waals surface area contributed by atoms with Crippen LogP contribution in [-0.2, 0) is 32.6 Å². The molecule has 0 saturated heterocycles. The molecule has 0 amide bonds. The number of ether oxygens (including phenoxy) is 1. The van der Waals surface area contributed by atoms with Crippen LogP contribution in [0.25, 0.3) is 10.8 Å². The zero-order valence-electron chi connectivity index (χ0n) is 18.3. The zero-order valence-corrected chi connectivity index (χ0v) is 19.1. The van der Waals surface area contributed by atoms with Gasteiger partial charge in [-0.1, -0.05) is 36.4 Å². The third-order valence-corrected chi connectivity index (χ3v) is 6.44. The Labute approximate surface area is 187 Å². The van der Waals surface area contributed by atoms with E-state index in [1.807, 2.05) is 36.4 Å². The Balaban J connectivity index is 1.46. The first kappa shape index (κ1) is 22.1. The first-order chi connectivity index (χ1) is 15.1. The molecule has 0 atom stereocenters. The van der Waals surface area contributed by atoms with Crippen LogP contribution in [0.1, 0.15) is 31.9 Å². The van der Waals surface area contributed by atoms with Crippen molar-refractivity contribution in [3.8, 4) is 0 Å². The molecule has 1 aliphatic rings. The minimum Gasteiger partial charge on any atom is -0.427 e. The minimum atomic E-state index is -3.72. The van der Waals surface area contributed by atoms with Crippen molar-refractivity contribution in [2.45, 2.75) is 44.2 Å². The molecule has 3 aromatic carbocycles. The predicted molar refractivity (Wildman–Crippen MR) is 123 cm³/mol. The number of nitrogens with one attached hydrogen (secondary N) is 1. The van der Waals surface area contributed by atoms with E-state index in [1.54, 1.807) is 50.1 Å². The van der Waals surface area contributed by atoms with E-state index in [1.165, 1.54) is 0 Å². The molecule has 1 heterocycles. The number of hydrogen-bond donors (Lipinski definition) is 1. The van der Waals surface area contributed by atoms with Crippen LogP contribution in [-0.4, -0.2) is 31.8 Å². The van der Waals surface area contributed by atoms with E-state index in [9.17, 15) is 13.2 Å². The molecule has 0 radical (unpaired) electrons. The van der Waals surface area contributed by atoms with Gasteiger partial charge in [0.2, 0.25) is 0 Å². The number of fused-ring (bicyclic) bond motifs is 2. The fraction of sp³-hybridized carbons (Fsp3) is 0.292. The van der Waals surface area contributed by atoms with Crippen LogP contribution in [0.15, 0.2) is 65.6 Å². The molecule has 1 aliphatic heterocycles. The number of benzene rings is 3. The highest BCUT2D eigenvalue weighted by Crippen LogP contribution is 2.26. The summed E-state index contributed by atoms with van der Waals surface area (Å²) in [6, 6.07) is 18.1. The van der Waals surface area contributed by atoms with E-state index in [-0.39, 0.29) is 4.90 Å². The van der Waals surface area contributed by atoms with Crippen molar-refractivity contribution in [2.24, 2.45) is 0 Å². The normalized spacial score (nSPS) is 14.6. The number of carbonyl (C=O) groups excluding carboxylic acids is 1. The number of nitrogens with zero attached hydrogens (tertiary/aromatic N) is 1. The third-order valence-electron chi connectivity index (χ3n) is 5.06. The highest BCUT2D eigenvalue weighted by molar-refractivity contribution is 7.92. The summed E-state index contributed by atoms with van der Waals surface area (Å²) in [6.07, 6.45) is -0.121. The van der Waals surface area contributed by atoms with Gasteiger partial charge in [-0.3, -0.25) is 4.72 Å². The summed E-state index contributed by atoms with van der Waals surface area (Å²) in [5.74, 6) is 0. The van der Waals surface area contributed by atoms with Gasteiger partial charge >= 0.3 is 6.16 Å². The van der Waals surface area contributed by atoms with Gasteiger partial charge in [0, 0.05) is 12.2 Å². The molecule has 0 fully saturated rings. The second-order valence-corrected chi connectivity index (χ2v) is 10.4. The number of hydrogen-bond acceptors (Lipinski definition) is 6. The van der Waals surface area contributed by atoms with E-state index in [0.717, 1.165) is 21.9 Å². The minimum absolute atomic E-state index is 0.214. The monoisotopic (exact) mass is 454 g/mol. The van der Waals surface area contributed by atoms with Crippen molar-refractivity contribution in [3.63, 3.8) is 0 Å². The molecular formula is C24H26N2O5S. The van der Waals surface area contributed by atoms with Crippen molar-refractivity contribution in [2.75, 3.05) is 11.3 Å². The second kappa shape index (κ2) is 8.44.